The molecule has 0 radical (unpaired) electrons. The van der Waals surface area contributed by atoms with Crippen LogP contribution in [0.5, 0.6) is 0 Å². The minimum absolute atomic E-state index is 0.187. The molecule has 0 amide bonds. The zero-order valence-corrected chi connectivity index (χ0v) is 15.5. The maximum absolute atomic E-state index is 9.88. The molecule has 5 rings (SSSR count). The lowest BCUT2D eigenvalue weighted by Gasteiger charge is -2.27. The molecule has 2 aliphatic rings. The first-order valence-electron chi connectivity index (χ1n) is 9.15. The molecule has 8 nitrogen and oxygen atoms in total. The number of furan rings is 1. The van der Waals surface area contributed by atoms with Gasteiger partial charge in [-0.2, -0.15) is 0 Å². The summed E-state index contributed by atoms with van der Waals surface area (Å²) in [4.78, 5) is 8.27. The van der Waals surface area contributed by atoms with Crippen molar-refractivity contribution in [2.45, 2.75) is 44.1 Å². The molecule has 2 saturated heterocycles. The van der Waals surface area contributed by atoms with Crippen LogP contribution in [0.1, 0.15) is 36.0 Å². The largest absolute Gasteiger partial charge is 0.458 e. The van der Waals surface area contributed by atoms with Gasteiger partial charge >= 0.3 is 0 Å². The van der Waals surface area contributed by atoms with Crippen LogP contribution in [0.2, 0.25) is 0 Å². The van der Waals surface area contributed by atoms with E-state index in [1.807, 2.05) is 38.1 Å². The summed E-state index contributed by atoms with van der Waals surface area (Å²) in [7, 11) is 0. The van der Waals surface area contributed by atoms with Gasteiger partial charge in [-0.05, 0) is 19.4 Å². The summed E-state index contributed by atoms with van der Waals surface area (Å²) < 4.78 is 24.4. The molecule has 3 aromatic rings. The Morgan fingerprint density at radius 1 is 1.18 bits per heavy atom. The average Bonchev–Trinajstić information content (AvgIpc) is 3.32. The number of aliphatic hydroxyl groups excluding tert-OH is 1. The van der Waals surface area contributed by atoms with Crippen LogP contribution in [0.3, 0.4) is 0 Å². The lowest BCUT2D eigenvalue weighted by molar-refractivity contribution is -0.157. The first-order chi connectivity index (χ1) is 13.5. The molecule has 4 heterocycles. The topological polar surface area (TPSA) is 113 Å². The molecule has 1 aromatic carbocycles. The Labute approximate surface area is 161 Å². The molecule has 2 aliphatic heterocycles. The second-order valence-electron chi connectivity index (χ2n) is 7.41. The van der Waals surface area contributed by atoms with Crippen molar-refractivity contribution in [1.82, 2.24) is 9.97 Å². The van der Waals surface area contributed by atoms with Crippen LogP contribution < -0.4 is 5.73 Å². The second kappa shape index (κ2) is 6.25. The van der Waals surface area contributed by atoms with E-state index < -0.39 is 30.2 Å². The highest BCUT2D eigenvalue weighted by molar-refractivity contribution is 5.85. The van der Waals surface area contributed by atoms with Crippen molar-refractivity contribution in [3.63, 3.8) is 0 Å². The quantitative estimate of drug-likeness (QED) is 0.709. The normalized spacial score (nSPS) is 32.1. The summed E-state index contributed by atoms with van der Waals surface area (Å²) in [5, 5.41) is 9.88. The number of aliphatic hydroxyl groups is 1. The van der Waals surface area contributed by atoms with Gasteiger partial charge in [-0.1, -0.05) is 24.3 Å². The maximum Gasteiger partial charge on any atom is 0.194 e. The zero-order valence-electron chi connectivity index (χ0n) is 15.5. The highest BCUT2D eigenvalue weighted by Gasteiger charge is 2.62. The van der Waals surface area contributed by atoms with E-state index >= 15 is 0 Å². The molecular formula is C20H21N3O5. The Kier molecular flexibility index (Phi) is 3.92. The number of nitrogen functional groups attached to an aromatic ring is 1. The molecule has 1 unspecified atom stereocenters. The first-order valence-corrected chi connectivity index (χ1v) is 9.15. The number of hydrogen-bond acceptors (Lipinski definition) is 8. The molecule has 28 heavy (non-hydrogen) atoms. The number of anilines is 1. The van der Waals surface area contributed by atoms with Crippen molar-refractivity contribution in [1.29, 1.82) is 0 Å². The molecule has 5 atom stereocenters. The maximum atomic E-state index is 9.88. The number of nitrogens with two attached hydrogens (primary N) is 1. The van der Waals surface area contributed by atoms with E-state index in [1.165, 1.54) is 6.33 Å². The Hall–Kier alpha value is -2.52. The van der Waals surface area contributed by atoms with Crippen LogP contribution >= 0.6 is 0 Å². The van der Waals surface area contributed by atoms with Crippen LogP contribution in [0.25, 0.3) is 11.1 Å². The third-order valence-electron chi connectivity index (χ3n) is 5.68. The minimum atomic E-state index is -0.836. The molecule has 0 bridgehead atoms. The molecule has 0 saturated carbocycles. The number of nitrogens with zero attached hydrogens (tertiary/aromatic N) is 2. The molecule has 146 valence electrons. The molecule has 2 fully saturated rings. The van der Waals surface area contributed by atoms with Crippen LogP contribution in [-0.2, 0) is 14.2 Å². The second-order valence-corrected chi connectivity index (χ2v) is 7.41. The van der Waals surface area contributed by atoms with E-state index in [4.69, 9.17) is 24.4 Å². The lowest BCUT2D eigenvalue weighted by Crippen LogP contribution is -2.40. The Morgan fingerprint density at radius 3 is 2.79 bits per heavy atom. The van der Waals surface area contributed by atoms with Gasteiger partial charge in [0, 0.05) is 11.1 Å². The Balaban J connectivity index is 1.57. The number of aromatic nitrogens is 2. The van der Waals surface area contributed by atoms with Gasteiger partial charge in [0.2, 0.25) is 0 Å². The molecule has 2 aromatic heterocycles. The number of benzene rings is 1. The van der Waals surface area contributed by atoms with E-state index in [1.54, 1.807) is 6.26 Å². The number of ether oxygens (including phenoxy) is 3. The van der Waals surface area contributed by atoms with Gasteiger partial charge < -0.3 is 29.5 Å². The van der Waals surface area contributed by atoms with E-state index in [0.29, 0.717) is 16.7 Å². The molecular weight excluding hydrogens is 362 g/mol. The van der Waals surface area contributed by atoms with Gasteiger partial charge in [-0.25, -0.2) is 9.97 Å². The third kappa shape index (κ3) is 2.39. The monoisotopic (exact) mass is 383 g/mol. The van der Waals surface area contributed by atoms with Crippen molar-refractivity contribution in [3.05, 3.63) is 53.5 Å². The Bertz CT molecular complexity index is 1040. The van der Waals surface area contributed by atoms with Crippen LogP contribution in [-0.4, -0.2) is 39.5 Å². The van der Waals surface area contributed by atoms with Crippen LogP contribution in [0, 0.1) is 6.92 Å². The minimum Gasteiger partial charge on any atom is -0.458 e. The fourth-order valence-electron chi connectivity index (χ4n) is 4.22. The van der Waals surface area contributed by atoms with E-state index in [-0.39, 0.29) is 12.4 Å². The van der Waals surface area contributed by atoms with Gasteiger partial charge in [0.05, 0.1) is 12.9 Å². The SMILES string of the molecule is Cc1ccccc1C1O[C@@H]2[C@@H](CO)O[C@@H](c3coc4c(N)ncnc34)[C@]2(C)O1. The van der Waals surface area contributed by atoms with E-state index in [0.717, 1.165) is 11.1 Å². The summed E-state index contributed by atoms with van der Waals surface area (Å²) >= 11 is 0. The molecule has 8 heteroatoms. The summed E-state index contributed by atoms with van der Waals surface area (Å²) in [6.07, 6.45) is 0.877. The number of hydrogen-bond donors (Lipinski definition) is 2. The summed E-state index contributed by atoms with van der Waals surface area (Å²) in [6.45, 7) is 3.76. The van der Waals surface area contributed by atoms with Crippen molar-refractivity contribution < 1.29 is 23.7 Å². The van der Waals surface area contributed by atoms with Gasteiger partial charge in [0.25, 0.3) is 0 Å². The Morgan fingerprint density at radius 2 is 2.00 bits per heavy atom. The highest BCUT2D eigenvalue weighted by atomic mass is 16.8. The molecule has 3 N–H and O–H groups in total. The van der Waals surface area contributed by atoms with Gasteiger partial charge in [0.15, 0.2) is 17.7 Å². The molecule has 0 spiro atoms. The van der Waals surface area contributed by atoms with Crippen LogP contribution in [0.4, 0.5) is 5.82 Å². The predicted octanol–water partition coefficient (Wildman–Crippen LogP) is 2.42. The first kappa shape index (κ1) is 17.6. The van der Waals surface area contributed by atoms with Crippen molar-refractivity contribution in [3.8, 4) is 0 Å². The zero-order chi connectivity index (χ0) is 19.5. The van der Waals surface area contributed by atoms with E-state index in [2.05, 4.69) is 9.97 Å². The summed E-state index contributed by atoms with van der Waals surface area (Å²) in [6, 6.07) is 7.92. The van der Waals surface area contributed by atoms with E-state index in [9.17, 15) is 5.11 Å². The fraction of sp³-hybridized carbons (Fsp3) is 0.400. The summed E-state index contributed by atoms with van der Waals surface area (Å²) in [5.41, 5.74) is 8.76. The van der Waals surface area contributed by atoms with Crippen LogP contribution in [0.15, 0.2) is 41.3 Å². The van der Waals surface area contributed by atoms with Gasteiger partial charge in [-0.3, -0.25) is 0 Å². The number of aryl methyl sites for hydroxylation is 1. The highest BCUT2D eigenvalue weighted by Crippen LogP contribution is 2.54. The fourth-order valence-corrected chi connectivity index (χ4v) is 4.22. The molecule has 0 aliphatic carbocycles. The van der Waals surface area contributed by atoms with Crippen molar-refractivity contribution in [2.24, 2.45) is 0 Å². The predicted molar refractivity (Wildman–Crippen MR) is 99.2 cm³/mol. The van der Waals surface area contributed by atoms with Gasteiger partial charge in [-0.15, -0.1) is 0 Å². The summed E-state index contributed by atoms with van der Waals surface area (Å²) in [5.74, 6) is 0.260. The third-order valence-corrected chi connectivity index (χ3v) is 5.68. The smallest absolute Gasteiger partial charge is 0.194 e. The number of fused-ring (bicyclic) bond motifs is 2. The van der Waals surface area contributed by atoms with Crippen molar-refractivity contribution in [2.75, 3.05) is 12.3 Å². The average molecular weight is 383 g/mol. The van der Waals surface area contributed by atoms with Gasteiger partial charge in [0.1, 0.15) is 35.8 Å². The lowest BCUT2D eigenvalue weighted by atomic mass is 9.89. The van der Waals surface area contributed by atoms with Crippen molar-refractivity contribution >= 4 is 16.9 Å². The number of rotatable bonds is 3. The standard InChI is InChI=1S/C20H21N3O5/c1-10-5-3-4-6-11(10)19-27-17-13(7-24)26-16(20(17,2)28-19)12-8-25-15-14(12)22-9-23-18(15)21/h3-6,8-9,13,16-17,19,24H,7H2,1-2H3,(H2,21,22,23)/t13-,16+,17-,19?,20+/m1/s1.